The van der Waals surface area contributed by atoms with Crippen LogP contribution in [0.25, 0.3) is 16.6 Å². The lowest BCUT2D eigenvalue weighted by molar-refractivity contribution is -0.113. The molecule has 4 aromatic rings. The van der Waals surface area contributed by atoms with E-state index in [0.717, 1.165) is 4.47 Å². The lowest BCUT2D eigenvalue weighted by Gasteiger charge is -2.13. The predicted molar refractivity (Wildman–Crippen MR) is 127 cm³/mol. The number of hydrogen-bond acceptors (Lipinski definition) is 5. The van der Waals surface area contributed by atoms with Crippen molar-refractivity contribution in [2.75, 3.05) is 18.2 Å². The van der Waals surface area contributed by atoms with Crippen LogP contribution in [0.2, 0.25) is 0 Å². The Morgan fingerprint density at radius 3 is 2.48 bits per heavy atom. The molecule has 1 N–H and O–H groups in total. The number of fused-ring (bicyclic) bond motifs is 1. The molecule has 0 fully saturated rings. The van der Waals surface area contributed by atoms with Crippen LogP contribution in [0.5, 0.6) is 5.75 Å². The molecule has 0 unspecified atom stereocenters. The summed E-state index contributed by atoms with van der Waals surface area (Å²) >= 11 is 4.63. The summed E-state index contributed by atoms with van der Waals surface area (Å²) in [5.74, 6) is 0.624. The van der Waals surface area contributed by atoms with Crippen molar-refractivity contribution >= 4 is 50.2 Å². The van der Waals surface area contributed by atoms with Gasteiger partial charge in [0.25, 0.3) is 5.56 Å². The van der Waals surface area contributed by atoms with Gasteiger partial charge in [-0.2, -0.15) is 0 Å². The van der Waals surface area contributed by atoms with Gasteiger partial charge in [0.05, 0.1) is 29.5 Å². The Labute approximate surface area is 191 Å². The van der Waals surface area contributed by atoms with E-state index in [9.17, 15) is 9.59 Å². The molecule has 1 amide bonds. The number of para-hydroxylation sites is 1. The van der Waals surface area contributed by atoms with E-state index in [2.05, 4.69) is 26.2 Å². The molecular weight excluding hydrogens is 478 g/mol. The van der Waals surface area contributed by atoms with Crippen LogP contribution in [-0.2, 0) is 4.79 Å². The zero-order valence-corrected chi connectivity index (χ0v) is 18.9. The number of rotatable bonds is 6. The first-order valence-corrected chi connectivity index (χ1v) is 11.2. The summed E-state index contributed by atoms with van der Waals surface area (Å²) in [6, 6.07) is 21.7. The molecule has 0 bridgehead atoms. The van der Waals surface area contributed by atoms with Gasteiger partial charge in [0.2, 0.25) is 5.91 Å². The standard InChI is InChI=1S/C23H18BrN3O3S/c1-30-18-12-8-16(9-13-18)25-21(28)14-31-23-26-20-5-3-2-4-19(20)22(29)27(23)17-10-6-15(24)7-11-17/h2-13H,14H2,1H3,(H,25,28). The molecule has 156 valence electrons. The van der Waals surface area contributed by atoms with Crippen molar-refractivity contribution < 1.29 is 9.53 Å². The molecule has 0 spiro atoms. The molecular formula is C23H18BrN3O3S. The van der Waals surface area contributed by atoms with E-state index >= 15 is 0 Å². The summed E-state index contributed by atoms with van der Waals surface area (Å²) in [6.45, 7) is 0. The van der Waals surface area contributed by atoms with E-state index in [1.807, 2.05) is 36.4 Å². The highest BCUT2D eigenvalue weighted by Gasteiger charge is 2.15. The largest absolute Gasteiger partial charge is 0.497 e. The lowest BCUT2D eigenvalue weighted by atomic mass is 10.2. The minimum Gasteiger partial charge on any atom is -0.497 e. The summed E-state index contributed by atoms with van der Waals surface area (Å²) in [5.41, 5.74) is 1.78. The van der Waals surface area contributed by atoms with E-state index in [0.29, 0.717) is 33.2 Å². The Bertz CT molecular complexity index is 1290. The second kappa shape index (κ2) is 9.36. The number of carbonyl (C=O) groups is 1. The molecule has 0 aliphatic rings. The molecule has 4 rings (SSSR count). The summed E-state index contributed by atoms with van der Waals surface area (Å²) < 4.78 is 7.58. The highest BCUT2D eigenvalue weighted by atomic mass is 79.9. The number of hydrogen-bond donors (Lipinski definition) is 1. The van der Waals surface area contributed by atoms with E-state index in [-0.39, 0.29) is 17.2 Å². The van der Waals surface area contributed by atoms with Gasteiger partial charge in [0, 0.05) is 10.2 Å². The van der Waals surface area contributed by atoms with Crippen molar-refractivity contribution in [1.82, 2.24) is 9.55 Å². The zero-order valence-electron chi connectivity index (χ0n) is 16.5. The molecule has 31 heavy (non-hydrogen) atoms. The van der Waals surface area contributed by atoms with Crippen LogP contribution in [-0.4, -0.2) is 28.3 Å². The number of benzene rings is 3. The van der Waals surface area contributed by atoms with Crippen molar-refractivity contribution in [2.45, 2.75) is 5.16 Å². The van der Waals surface area contributed by atoms with Crippen LogP contribution in [0.4, 0.5) is 5.69 Å². The molecule has 3 aromatic carbocycles. The Kier molecular flexibility index (Phi) is 6.39. The molecule has 8 heteroatoms. The summed E-state index contributed by atoms with van der Waals surface area (Å²) in [6.07, 6.45) is 0. The fourth-order valence-electron chi connectivity index (χ4n) is 3.03. The third-order valence-electron chi connectivity index (χ3n) is 4.54. The quantitative estimate of drug-likeness (QED) is 0.304. The van der Waals surface area contributed by atoms with E-state index in [1.54, 1.807) is 48.1 Å². The highest BCUT2D eigenvalue weighted by Crippen LogP contribution is 2.23. The average Bonchev–Trinajstić information content (AvgIpc) is 2.79. The smallest absolute Gasteiger partial charge is 0.266 e. The third-order valence-corrected chi connectivity index (χ3v) is 6.00. The molecule has 1 aromatic heterocycles. The topological polar surface area (TPSA) is 73.2 Å². The van der Waals surface area contributed by atoms with Crippen LogP contribution in [0.15, 0.2) is 87.2 Å². The number of halogens is 1. The SMILES string of the molecule is COc1ccc(NC(=O)CSc2nc3ccccc3c(=O)n2-c2ccc(Br)cc2)cc1. The van der Waals surface area contributed by atoms with Crippen molar-refractivity contribution in [1.29, 1.82) is 0 Å². The third kappa shape index (κ3) is 4.81. The first-order chi connectivity index (χ1) is 15.0. The maximum absolute atomic E-state index is 13.2. The number of nitrogens with zero attached hydrogens (tertiary/aromatic N) is 2. The molecule has 1 heterocycles. The number of amides is 1. The van der Waals surface area contributed by atoms with Gasteiger partial charge in [-0.25, -0.2) is 4.98 Å². The second-order valence-corrected chi connectivity index (χ2v) is 8.45. The fourth-order valence-corrected chi connectivity index (χ4v) is 4.11. The van der Waals surface area contributed by atoms with Crippen molar-refractivity contribution in [3.05, 3.63) is 87.6 Å². The molecule has 6 nitrogen and oxygen atoms in total. The van der Waals surface area contributed by atoms with E-state index < -0.39 is 0 Å². The second-order valence-electron chi connectivity index (χ2n) is 6.59. The molecule has 0 saturated heterocycles. The number of carbonyl (C=O) groups excluding carboxylic acids is 1. The van der Waals surface area contributed by atoms with Gasteiger partial charge in [-0.1, -0.05) is 39.8 Å². The Balaban J connectivity index is 1.62. The van der Waals surface area contributed by atoms with Crippen molar-refractivity contribution in [3.63, 3.8) is 0 Å². The predicted octanol–water partition coefficient (Wildman–Crippen LogP) is 4.89. The minimum atomic E-state index is -0.195. The zero-order chi connectivity index (χ0) is 21.8. The number of aromatic nitrogens is 2. The maximum Gasteiger partial charge on any atom is 0.266 e. The number of thioether (sulfide) groups is 1. The molecule has 0 atom stereocenters. The van der Waals surface area contributed by atoms with Crippen LogP contribution in [0, 0.1) is 0 Å². The summed E-state index contributed by atoms with van der Waals surface area (Å²) in [4.78, 5) is 30.4. The summed E-state index contributed by atoms with van der Waals surface area (Å²) in [7, 11) is 1.59. The molecule has 0 saturated carbocycles. The van der Waals surface area contributed by atoms with Gasteiger partial charge in [-0.05, 0) is 60.7 Å². The van der Waals surface area contributed by atoms with Gasteiger partial charge in [0.1, 0.15) is 5.75 Å². The number of ether oxygens (including phenoxy) is 1. The first kappa shape index (κ1) is 21.1. The summed E-state index contributed by atoms with van der Waals surface area (Å²) in [5, 5.41) is 3.83. The monoisotopic (exact) mass is 495 g/mol. The first-order valence-electron chi connectivity index (χ1n) is 9.39. The molecule has 0 radical (unpaired) electrons. The van der Waals surface area contributed by atoms with Crippen LogP contribution in [0.1, 0.15) is 0 Å². The fraction of sp³-hybridized carbons (Fsp3) is 0.0870. The van der Waals surface area contributed by atoms with E-state index in [1.165, 1.54) is 11.8 Å². The Morgan fingerprint density at radius 1 is 1.06 bits per heavy atom. The van der Waals surface area contributed by atoms with Crippen molar-refractivity contribution in [3.8, 4) is 11.4 Å². The molecule has 0 aliphatic heterocycles. The number of anilines is 1. The number of methoxy groups -OCH3 is 1. The van der Waals surface area contributed by atoms with Gasteiger partial charge in [-0.15, -0.1) is 0 Å². The van der Waals surface area contributed by atoms with Crippen LogP contribution in [0.3, 0.4) is 0 Å². The van der Waals surface area contributed by atoms with Gasteiger partial charge >= 0.3 is 0 Å². The van der Waals surface area contributed by atoms with E-state index in [4.69, 9.17) is 4.74 Å². The normalized spacial score (nSPS) is 10.8. The Morgan fingerprint density at radius 2 is 1.77 bits per heavy atom. The van der Waals surface area contributed by atoms with Gasteiger partial charge in [-0.3, -0.25) is 14.2 Å². The lowest BCUT2D eigenvalue weighted by Crippen LogP contribution is -2.23. The minimum absolute atomic E-state index is 0.105. The maximum atomic E-state index is 13.2. The van der Waals surface area contributed by atoms with Gasteiger partial charge < -0.3 is 10.1 Å². The van der Waals surface area contributed by atoms with Crippen LogP contribution < -0.4 is 15.6 Å². The highest BCUT2D eigenvalue weighted by molar-refractivity contribution is 9.10. The van der Waals surface area contributed by atoms with Crippen LogP contribution >= 0.6 is 27.7 Å². The average molecular weight is 496 g/mol. The molecule has 0 aliphatic carbocycles. The number of nitrogens with one attached hydrogen (secondary N) is 1. The Hall–Kier alpha value is -3.10. The van der Waals surface area contributed by atoms with Crippen molar-refractivity contribution in [2.24, 2.45) is 0 Å². The van der Waals surface area contributed by atoms with Gasteiger partial charge in [0.15, 0.2) is 5.16 Å².